The van der Waals surface area contributed by atoms with Gasteiger partial charge in [0, 0.05) is 12.0 Å². The molecule has 11 nitrogen and oxygen atoms in total. The highest BCUT2D eigenvalue weighted by molar-refractivity contribution is 5.87. The van der Waals surface area contributed by atoms with Crippen LogP contribution in [0.1, 0.15) is 25.3 Å². The van der Waals surface area contributed by atoms with Gasteiger partial charge in [-0.25, -0.2) is 9.59 Å². The zero-order valence-electron chi connectivity index (χ0n) is 19.5. The normalized spacial score (nSPS) is 38.2. The molecule has 11 heteroatoms. The summed E-state index contributed by atoms with van der Waals surface area (Å²) in [5, 5.41) is 51.4. The Bertz CT molecular complexity index is 1000. The molecule has 0 bridgehead atoms. The van der Waals surface area contributed by atoms with Crippen LogP contribution in [0.5, 0.6) is 0 Å². The summed E-state index contributed by atoms with van der Waals surface area (Å²) in [6.45, 7) is 1.10. The number of carboxylic acids is 1. The summed E-state index contributed by atoms with van der Waals surface area (Å²) in [7, 11) is 0. The van der Waals surface area contributed by atoms with Gasteiger partial charge in [-0.05, 0) is 31.4 Å². The molecule has 36 heavy (non-hydrogen) atoms. The number of aliphatic hydroxyl groups excluding tert-OH is 3. The highest BCUT2D eigenvalue weighted by Gasteiger charge is 2.56. The van der Waals surface area contributed by atoms with E-state index in [1.807, 2.05) is 18.2 Å². The number of benzene rings is 1. The molecule has 196 valence electrons. The summed E-state index contributed by atoms with van der Waals surface area (Å²) in [5.41, 5.74) is -0.530. The van der Waals surface area contributed by atoms with Crippen molar-refractivity contribution in [3.8, 4) is 0 Å². The minimum absolute atomic E-state index is 0.00605. The Morgan fingerprint density at radius 3 is 2.53 bits per heavy atom. The van der Waals surface area contributed by atoms with Crippen molar-refractivity contribution >= 4 is 18.0 Å². The number of aliphatic hydroxyl groups is 4. The van der Waals surface area contributed by atoms with Crippen molar-refractivity contribution in [2.24, 2.45) is 11.8 Å². The maximum absolute atomic E-state index is 12.1. The van der Waals surface area contributed by atoms with E-state index in [9.17, 15) is 35.1 Å². The molecule has 0 amide bonds. The second-order valence-electron chi connectivity index (χ2n) is 9.44. The highest BCUT2D eigenvalue weighted by Crippen LogP contribution is 2.49. The molecule has 1 saturated heterocycles. The molecule has 1 unspecified atom stereocenters. The van der Waals surface area contributed by atoms with Crippen LogP contribution in [-0.4, -0.2) is 86.7 Å². The summed E-state index contributed by atoms with van der Waals surface area (Å²) in [5.74, 6) is -3.22. The first-order valence-electron chi connectivity index (χ1n) is 11.6. The molecule has 5 N–H and O–H groups in total. The lowest BCUT2D eigenvalue weighted by molar-refractivity contribution is -0.346. The molecule has 4 rings (SSSR count). The van der Waals surface area contributed by atoms with Gasteiger partial charge in [0.15, 0.2) is 6.29 Å². The smallest absolute Gasteiger partial charge is 0.334 e. The summed E-state index contributed by atoms with van der Waals surface area (Å²) in [6.07, 6.45) is -4.43. The van der Waals surface area contributed by atoms with E-state index in [0.29, 0.717) is 12.8 Å². The lowest BCUT2D eigenvalue weighted by Crippen LogP contribution is -2.61. The van der Waals surface area contributed by atoms with Gasteiger partial charge in [-0.15, -0.1) is 0 Å². The lowest BCUT2D eigenvalue weighted by atomic mass is 9.81. The van der Waals surface area contributed by atoms with Gasteiger partial charge in [0.25, 0.3) is 0 Å². The van der Waals surface area contributed by atoms with Crippen LogP contribution in [0.3, 0.4) is 0 Å². The number of aliphatic carboxylic acids is 1. The quantitative estimate of drug-likeness (QED) is 0.252. The molecule has 0 aromatic heterocycles. The molecule has 2 heterocycles. The van der Waals surface area contributed by atoms with Crippen LogP contribution in [0.25, 0.3) is 6.08 Å². The van der Waals surface area contributed by atoms with Crippen molar-refractivity contribution in [2.75, 3.05) is 6.61 Å². The van der Waals surface area contributed by atoms with Gasteiger partial charge < -0.3 is 44.5 Å². The second kappa shape index (κ2) is 10.7. The summed E-state index contributed by atoms with van der Waals surface area (Å²) in [6, 6.07) is 9.05. The highest BCUT2D eigenvalue weighted by atomic mass is 16.8. The average Bonchev–Trinajstić information content (AvgIpc) is 3.18. The van der Waals surface area contributed by atoms with Crippen molar-refractivity contribution in [1.82, 2.24) is 0 Å². The number of carbonyl (C=O) groups is 2. The Hall–Kier alpha value is -2.80. The molecule has 0 spiro atoms. The average molecular weight is 507 g/mol. The number of esters is 1. The number of fused-ring (bicyclic) bond motifs is 1. The van der Waals surface area contributed by atoms with E-state index in [4.69, 9.17) is 18.9 Å². The monoisotopic (exact) mass is 506 g/mol. The Morgan fingerprint density at radius 2 is 1.83 bits per heavy atom. The molecule has 0 radical (unpaired) electrons. The van der Waals surface area contributed by atoms with Crippen LogP contribution in [0.4, 0.5) is 0 Å². The molecular formula is C25H30O11. The molecule has 2 aliphatic heterocycles. The van der Waals surface area contributed by atoms with Gasteiger partial charge in [-0.3, -0.25) is 0 Å². The Morgan fingerprint density at radius 1 is 1.11 bits per heavy atom. The fourth-order valence-corrected chi connectivity index (χ4v) is 4.94. The minimum atomic E-state index is -1.69. The number of hydrogen-bond acceptors (Lipinski definition) is 10. The molecular weight excluding hydrogens is 476 g/mol. The van der Waals surface area contributed by atoms with Gasteiger partial charge in [0.1, 0.15) is 31.0 Å². The van der Waals surface area contributed by atoms with Crippen LogP contribution in [0.2, 0.25) is 0 Å². The van der Waals surface area contributed by atoms with Crippen molar-refractivity contribution < 1.29 is 54.1 Å². The predicted molar refractivity (Wildman–Crippen MR) is 122 cm³/mol. The molecule has 2 fully saturated rings. The van der Waals surface area contributed by atoms with E-state index in [2.05, 4.69) is 0 Å². The van der Waals surface area contributed by atoms with Crippen LogP contribution in [-0.2, 0) is 28.5 Å². The van der Waals surface area contributed by atoms with Crippen LogP contribution in [0.15, 0.2) is 48.2 Å². The van der Waals surface area contributed by atoms with Crippen LogP contribution >= 0.6 is 0 Å². The zero-order valence-corrected chi connectivity index (χ0v) is 19.5. The van der Waals surface area contributed by atoms with Gasteiger partial charge in [0.2, 0.25) is 6.29 Å². The first kappa shape index (κ1) is 26.3. The van der Waals surface area contributed by atoms with E-state index in [1.54, 1.807) is 25.1 Å². The molecule has 3 aliphatic rings. The summed E-state index contributed by atoms with van der Waals surface area (Å²) < 4.78 is 22.0. The minimum Gasteiger partial charge on any atom is -0.478 e. The first-order chi connectivity index (χ1) is 17.1. The third kappa shape index (κ3) is 5.46. The lowest BCUT2D eigenvalue weighted by Gasteiger charge is -2.44. The van der Waals surface area contributed by atoms with Crippen molar-refractivity contribution in [1.29, 1.82) is 0 Å². The Labute approximate surface area is 207 Å². The third-order valence-electron chi connectivity index (χ3n) is 6.92. The standard InChI is InChI=1S/C25H30O11/c1-25(32)10-9-14-15(22(30)31)11-34-23(18(14)25)36-24-21(29)20(28)19(27)16(35-24)12-33-17(26)8-7-13-5-3-2-4-6-13/h2-8,11,14,16,18-21,23-24,27-29,32H,9-10,12H2,1H3,(H,30,31)/b8-7+/t14-,16+,18?,19+,20-,21+,23-,24-,25+/m0/s1. The largest absolute Gasteiger partial charge is 0.478 e. The first-order valence-corrected chi connectivity index (χ1v) is 11.6. The van der Waals surface area contributed by atoms with Gasteiger partial charge in [-0.1, -0.05) is 30.3 Å². The zero-order chi connectivity index (χ0) is 26.0. The van der Waals surface area contributed by atoms with E-state index < -0.39 is 73.0 Å². The van der Waals surface area contributed by atoms with Crippen molar-refractivity contribution in [3.63, 3.8) is 0 Å². The van der Waals surface area contributed by atoms with E-state index in [0.717, 1.165) is 11.8 Å². The van der Waals surface area contributed by atoms with Crippen molar-refractivity contribution in [3.05, 3.63) is 53.8 Å². The van der Waals surface area contributed by atoms with Crippen molar-refractivity contribution in [2.45, 2.75) is 62.4 Å². The Balaban J connectivity index is 1.42. The van der Waals surface area contributed by atoms with Gasteiger partial charge in [-0.2, -0.15) is 0 Å². The second-order valence-corrected chi connectivity index (χ2v) is 9.44. The molecule has 1 aliphatic carbocycles. The maximum atomic E-state index is 12.1. The molecule has 1 saturated carbocycles. The molecule has 1 aromatic carbocycles. The number of carbonyl (C=O) groups excluding carboxylic acids is 1. The van der Waals surface area contributed by atoms with E-state index >= 15 is 0 Å². The fourth-order valence-electron chi connectivity index (χ4n) is 4.94. The Kier molecular flexibility index (Phi) is 7.79. The number of hydrogen-bond donors (Lipinski definition) is 5. The number of carboxylic acid groups (broad SMARTS) is 1. The van der Waals surface area contributed by atoms with Gasteiger partial charge >= 0.3 is 11.9 Å². The van der Waals surface area contributed by atoms with E-state index in [-0.39, 0.29) is 5.57 Å². The van der Waals surface area contributed by atoms with E-state index in [1.165, 1.54) is 6.08 Å². The number of rotatable bonds is 7. The number of ether oxygens (including phenoxy) is 4. The summed E-state index contributed by atoms with van der Waals surface area (Å²) in [4.78, 5) is 23.7. The van der Waals surface area contributed by atoms with Crippen LogP contribution < -0.4 is 0 Å². The van der Waals surface area contributed by atoms with Crippen LogP contribution in [0, 0.1) is 11.8 Å². The SMILES string of the molecule is C[C@@]1(O)CC[C@H]2C(C(=O)O)=CO[C@@H](O[C@@H]3O[C@H](COC(=O)/C=C/c4ccccc4)[C@@H](O)[C@H](O)[C@H]3O)C21. The fraction of sp³-hybridized carbons (Fsp3) is 0.520. The predicted octanol–water partition coefficient (Wildman–Crippen LogP) is 0.169. The van der Waals surface area contributed by atoms with Gasteiger partial charge in [0.05, 0.1) is 23.4 Å². The third-order valence-corrected chi connectivity index (χ3v) is 6.92. The maximum Gasteiger partial charge on any atom is 0.334 e. The molecule has 1 aromatic rings. The summed E-state index contributed by atoms with van der Waals surface area (Å²) >= 11 is 0. The topological polar surface area (TPSA) is 172 Å². The molecule has 9 atom stereocenters.